The molecule has 1 aromatic heterocycles. The van der Waals surface area contributed by atoms with Crippen molar-refractivity contribution in [1.29, 1.82) is 0 Å². The molecule has 4 heteroatoms. The van der Waals surface area contributed by atoms with Gasteiger partial charge in [0.2, 0.25) is 0 Å². The van der Waals surface area contributed by atoms with Crippen LogP contribution in [0.3, 0.4) is 0 Å². The first-order valence-electron chi connectivity index (χ1n) is 6.69. The molecule has 2 rings (SSSR count). The minimum Gasteiger partial charge on any atom is -0.118 e. The van der Waals surface area contributed by atoms with Gasteiger partial charge in [0.15, 0.2) is 9.58 Å². The van der Waals surface area contributed by atoms with Crippen LogP contribution in [-0.2, 0) is 10.9 Å². The Hall–Kier alpha value is -1.03. The summed E-state index contributed by atoms with van der Waals surface area (Å²) in [7, 11) is -1.79. The summed E-state index contributed by atoms with van der Waals surface area (Å²) in [6.07, 6.45) is 0. The molecule has 0 N–H and O–H groups in total. The molecule has 0 radical (unpaired) electrons. The summed E-state index contributed by atoms with van der Waals surface area (Å²) in [5.41, 5.74) is -3.72. The fourth-order valence-electron chi connectivity index (χ4n) is 2.30. The summed E-state index contributed by atoms with van der Waals surface area (Å²) in [4.78, 5) is 0.487. The second kappa shape index (κ2) is 4.76. The van der Waals surface area contributed by atoms with Crippen LogP contribution in [0.2, 0.25) is 0 Å². The Bertz CT molecular complexity index is 627. The Kier molecular flexibility index (Phi) is 3.66. The molecule has 1 atom stereocenters. The lowest BCUT2D eigenvalue weighted by Crippen LogP contribution is -2.12. The first-order chi connectivity index (χ1) is 9.01. The van der Waals surface area contributed by atoms with Crippen molar-refractivity contribution < 1.29 is 13.2 Å². The van der Waals surface area contributed by atoms with E-state index >= 15 is 0 Å². The highest BCUT2D eigenvalue weighted by molar-refractivity contribution is 7.38. The fourth-order valence-corrected chi connectivity index (χ4v) is 4.51. The molecule has 0 bridgehead atoms. The third kappa shape index (κ3) is 2.71. The summed E-state index contributed by atoms with van der Waals surface area (Å²) >= 11 is 0. The van der Waals surface area contributed by atoms with Gasteiger partial charge in [-0.15, -0.1) is 13.2 Å². The Balaban J connectivity index is 2.83. The van der Waals surface area contributed by atoms with Gasteiger partial charge in [-0.25, -0.2) is 0 Å². The Morgan fingerprint density at radius 3 is 2.05 bits per heavy atom. The van der Waals surface area contributed by atoms with Crippen molar-refractivity contribution in [3.63, 3.8) is 0 Å². The summed E-state index contributed by atoms with van der Waals surface area (Å²) in [5.74, 6) is 0.234. The van der Waals surface area contributed by atoms with E-state index in [9.17, 15) is 13.2 Å². The zero-order valence-corrected chi connectivity index (χ0v) is 13.2. The van der Waals surface area contributed by atoms with Crippen molar-refractivity contribution in [2.45, 2.75) is 51.5 Å². The summed E-state index contributed by atoms with van der Waals surface area (Å²) in [6, 6.07) is 7.24. The van der Waals surface area contributed by atoms with E-state index in [1.54, 1.807) is 12.1 Å². The van der Waals surface area contributed by atoms with E-state index in [0.717, 1.165) is 10.9 Å². The maximum atomic E-state index is 13.5. The highest BCUT2D eigenvalue weighted by Gasteiger charge is 2.50. The quantitative estimate of drug-likeness (QED) is 0.528. The third-order valence-corrected chi connectivity index (χ3v) is 5.83. The van der Waals surface area contributed by atoms with Crippen LogP contribution in [-0.4, -0.2) is 0 Å². The highest BCUT2D eigenvalue weighted by atomic mass is 32.2. The van der Waals surface area contributed by atoms with Crippen LogP contribution in [0.15, 0.2) is 24.3 Å². The molecular weight excluding hydrogens is 281 g/mol. The van der Waals surface area contributed by atoms with Gasteiger partial charge >= 0.3 is 5.51 Å². The van der Waals surface area contributed by atoms with E-state index in [1.165, 1.54) is 0 Å². The molecule has 0 saturated heterocycles. The molecule has 1 heterocycles. The van der Waals surface area contributed by atoms with Gasteiger partial charge in [-0.3, -0.25) is 0 Å². The van der Waals surface area contributed by atoms with Crippen LogP contribution in [0.1, 0.15) is 51.0 Å². The maximum absolute atomic E-state index is 13.5. The normalized spacial score (nSPS) is 14.3. The predicted molar refractivity (Wildman–Crippen MR) is 80.5 cm³/mol. The van der Waals surface area contributed by atoms with Gasteiger partial charge in [-0.2, -0.15) is 0 Å². The van der Waals surface area contributed by atoms with E-state index in [2.05, 4.69) is 0 Å². The van der Waals surface area contributed by atoms with Gasteiger partial charge in [0, 0.05) is 22.9 Å². The molecule has 2 aromatic rings. The predicted octanol–water partition coefficient (Wildman–Crippen LogP) is 6.49. The minimum atomic E-state index is -4.21. The number of hydrogen-bond acceptors (Lipinski definition) is 0. The van der Waals surface area contributed by atoms with Crippen molar-refractivity contribution in [2.24, 2.45) is 0 Å². The highest BCUT2D eigenvalue weighted by Crippen LogP contribution is 2.54. The maximum Gasteiger partial charge on any atom is 0.600 e. The molecule has 0 nitrogen and oxygen atoms in total. The Morgan fingerprint density at radius 1 is 1.00 bits per heavy atom. The molecule has 0 aliphatic heterocycles. The van der Waals surface area contributed by atoms with E-state index < -0.39 is 21.4 Å². The van der Waals surface area contributed by atoms with E-state index in [-0.39, 0.29) is 5.92 Å². The third-order valence-electron chi connectivity index (χ3n) is 3.40. The van der Waals surface area contributed by atoms with Crippen molar-refractivity contribution in [3.8, 4) is 0 Å². The molecule has 0 aliphatic carbocycles. The van der Waals surface area contributed by atoms with Crippen LogP contribution in [0.4, 0.5) is 13.2 Å². The van der Waals surface area contributed by atoms with E-state index in [0.29, 0.717) is 9.58 Å². The van der Waals surface area contributed by atoms with Crippen molar-refractivity contribution in [2.75, 3.05) is 0 Å². The van der Waals surface area contributed by atoms with Crippen molar-refractivity contribution in [3.05, 3.63) is 34.7 Å². The molecule has 1 aromatic carbocycles. The van der Waals surface area contributed by atoms with Gasteiger partial charge in [0.05, 0.1) is 10.5 Å². The monoisotopic (exact) mass is 301 g/mol. The van der Waals surface area contributed by atoms with Gasteiger partial charge in [-0.05, 0) is 17.5 Å². The van der Waals surface area contributed by atoms with Gasteiger partial charge in [-0.1, -0.05) is 40.7 Å². The molecular formula is C16H20F3S+. The zero-order chi connectivity index (χ0) is 15.3. The molecule has 20 heavy (non-hydrogen) atoms. The molecule has 0 fully saturated rings. The average Bonchev–Trinajstić information content (AvgIpc) is 2.65. The standard InChI is InChI=1S/C16H20F3S/c1-10(2)11-6-7-12-9-14(15(3,4)5)20(13(12)8-11)16(17,18)19/h6-10H,1-5H3/q+1. The number of halogens is 3. The fraction of sp³-hybridized carbons (Fsp3) is 0.500. The van der Waals surface area contributed by atoms with Gasteiger partial charge in [0.25, 0.3) is 0 Å². The average molecular weight is 301 g/mol. The summed E-state index contributed by atoms with van der Waals surface area (Å²) in [6.45, 7) is 9.54. The molecule has 0 spiro atoms. The van der Waals surface area contributed by atoms with Crippen molar-refractivity contribution >= 4 is 20.6 Å². The van der Waals surface area contributed by atoms with E-state index in [4.69, 9.17) is 0 Å². The second-order valence-electron chi connectivity index (χ2n) is 6.46. The topological polar surface area (TPSA) is 0 Å². The van der Waals surface area contributed by atoms with Crippen LogP contribution >= 0.6 is 10.5 Å². The number of fused-ring (bicyclic) bond motifs is 1. The summed E-state index contributed by atoms with van der Waals surface area (Å²) < 4.78 is 41.0. The number of benzene rings is 1. The zero-order valence-electron chi connectivity index (χ0n) is 12.4. The van der Waals surface area contributed by atoms with Gasteiger partial charge < -0.3 is 0 Å². The largest absolute Gasteiger partial charge is 0.600 e. The number of alkyl halides is 3. The summed E-state index contributed by atoms with van der Waals surface area (Å²) in [5, 5.41) is 0.722. The SMILES string of the molecule is CC(C)c1ccc2cc(C(C)(C)C)[s+](C(F)(F)F)c2c1. The number of hydrogen-bond donors (Lipinski definition) is 0. The van der Waals surface area contributed by atoms with Crippen LogP contribution < -0.4 is 0 Å². The van der Waals surface area contributed by atoms with Crippen LogP contribution in [0.25, 0.3) is 10.1 Å². The number of rotatable bonds is 1. The molecule has 110 valence electrons. The first kappa shape index (κ1) is 15.4. The first-order valence-corrected chi connectivity index (χ1v) is 7.91. The van der Waals surface area contributed by atoms with Gasteiger partial charge in [0.1, 0.15) is 0 Å². The van der Waals surface area contributed by atoms with Crippen LogP contribution in [0, 0.1) is 0 Å². The minimum absolute atomic E-state index is 0.234. The van der Waals surface area contributed by atoms with Crippen molar-refractivity contribution in [1.82, 2.24) is 0 Å². The molecule has 0 amide bonds. The molecule has 0 aliphatic rings. The Labute approximate surface area is 120 Å². The second-order valence-corrected chi connectivity index (χ2v) is 8.42. The smallest absolute Gasteiger partial charge is 0.118 e. The number of thiophene rings is 1. The lowest BCUT2D eigenvalue weighted by Gasteiger charge is -2.13. The van der Waals surface area contributed by atoms with Crippen LogP contribution in [0.5, 0.6) is 0 Å². The lowest BCUT2D eigenvalue weighted by atomic mass is 9.94. The van der Waals surface area contributed by atoms with E-state index in [1.807, 2.05) is 46.8 Å². The molecule has 1 unspecified atom stereocenters. The molecule has 0 saturated carbocycles. The lowest BCUT2D eigenvalue weighted by molar-refractivity contribution is -0.0869. The Morgan fingerprint density at radius 2 is 1.60 bits per heavy atom.